The standard InChI is InChI=1S/C9H11BrN6O2S/c1-14-9(8(10)12-13-14)19(17,18)16-5-4-15-3-2-11-7(15)6-16/h2-3H,4-6H2,1H3. The zero-order valence-corrected chi connectivity index (χ0v) is 12.5. The fourth-order valence-electron chi connectivity index (χ4n) is 2.08. The maximum atomic E-state index is 12.6. The number of aromatic nitrogens is 5. The summed E-state index contributed by atoms with van der Waals surface area (Å²) in [5.41, 5.74) is 0. The fourth-order valence-corrected chi connectivity index (χ4v) is 4.49. The Kier molecular flexibility index (Phi) is 2.95. The Balaban J connectivity index is 1.99. The summed E-state index contributed by atoms with van der Waals surface area (Å²) in [6.07, 6.45) is 3.52. The van der Waals surface area contributed by atoms with Crippen molar-refractivity contribution in [3.63, 3.8) is 0 Å². The van der Waals surface area contributed by atoms with Crippen LogP contribution < -0.4 is 0 Å². The van der Waals surface area contributed by atoms with Crippen molar-refractivity contribution in [2.75, 3.05) is 6.54 Å². The van der Waals surface area contributed by atoms with Gasteiger partial charge in [-0.25, -0.2) is 18.1 Å². The van der Waals surface area contributed by atoms with E-state index in [0.29, 0.717) is 13.1 Å². The molecule has 0 saturated heterocycles. The lowest BCUT2D eigenvalue weighted by Crippen LogP contribution is -2.39. The topological polar surface area (TPSA) is 85.9 Å². The molecule has 0 fully saturated rings. The predicted octanol–water partition coefficient (Wildman–Crippen LogP) is -0.0214. The Labute approximate surface area is 118 Å². The molecule has 0 spiro atoms. The van der Waals surface area contributed by atoms with Gasteiger partial charge in [0.25, 0.3) is 10.0 Å². The zero-order chi connectivity index (χ0) is 13.6. The Bertz CT molecular complexity index is 701. The highest BCUT2D eigenvalue weighted by molar-refractivity contribution is 9.10. The second-order valence-electron chi connectivity index (χ2n) is 4.18. The number of fused-ring (bicyclic) bond motifs is 1. The Morgan fingerprint density at radius 3 is 2.84 bits per heavy atom. The molecule has 102 valence electrons. The summed E-state index contributed by atoms with van der Waals surface area (Å²) in [6.45, 7) is 1.26. The van der Waals surface area contributed by atoms with Crippen LogP contribution in [-0.4, -0.2) is 43.8 Å². The second kappa shape index (κ2) is 4.39. The van der Waals surface area contributed by atoms with Gasteiger partial charge in [0, 0.05) is 32.5 Å². The predicted molar refractivity (Wildman–Crippen MR) is 68.5 cm³/mol. The Morgan fingerprint density at radius 2 is 2.16 bits per heavy atom. The van der Waals surface area contributed by atoms with Crippen molar-refractivity contribution in [1.29, 1.82) is 0 Å². The first-order chi connectivity index (χ1) is 9.00. The highest BCUT2D eigenvalue weighted by atomic mass is 79.9. The minimum atomic E-state index is -3.63. The number of nitrogens with zero attached hydrogens (tertiary/aromatic N) is 6. The van der Waals surface area contributed by atoms with Crippen LogP contribution in [0.2, 0.25) is 0 Å². The molecule has 2 aromatic heterocycles. The number of halogens is 1. The minimum absolute atomic E-state index is 0.0625. The first-order valence-corrected chi connectivity index (χ1v) is 7.79. The second-order valence-corrected chi connectivity index (χ2v) is 6.79. The average Bonchev–Trinajstić information content (AvgIpc) is 2.95. The van der Waals surface area contributed by atoms with Crippen LogP contribution in [0, 0.1) is 0 Å². The lowest BCUT2D eigenvalue weighted by molar-refractivity contribution is 0.332. The molecule has 0 amide bonds. The molecular formula is C9H11BrN6O2S. The van der Waals surface area contributed by atoms with Gasteiger partial charge in [-0.15, -0.1) is 5.10 Å². The van der Waals surface area contributed by atoms with Gasteiger partial charge in [0.1, 0.15) is 5.82 Å². The normalized spacial score (nSPS) is 16.5. The molecule has 1 aliphatic rings. The van der Waals surface area contributed by atoms with Gasteiger partial charge in [-0.1, -0.05) is 5.21 Å². The molecule has 0 saturated carbocycles. The number of aryl methyl sites for hydroxylation is 1. The maximum absolute atomic E-state index is 12.6. The molecule has 1 aliphatic heterocycles. The maximum Gasteiger partial charge on any atom is 0.263 e. The first-order valence-electron chi connectivity index (χ1n) is 5.55. The monoisotopic (exact) mass is 346 g/mol. The summed E-state index contributed by atoms with van der Waals surface area (Å²) in [5, 5.41) is 7.48. The molecule has 0 bridgehead atoms. The molecule has 2 aromatic rings. The SMILES string of the molecule is Cn1nnc(Br)c1S(=O)(=O)N1CCn2ccnc2C1. The van der Waals surface area contributed by atoms with Gasteiger partial charge in [-0.05, 0) is 15.9 Å². The van der Waals surface area contributed by atoms with Crippen molar-refractivity contribution >= 4 is 26.0 Å². The molecule has 3 rings (SSSR count). The van der Waals surface area contributed by atoms with Gasteiger partial charge in [-0.2, -0.15) is 4.31 Å². The Morgan fingerprint density at radius 1 is 1.37 bits per heavy atom. The van der Waals surface area contributed by atoms with E-state index < -0.39 is 10.0 Å². The highest BCUT2D eigenvalue weighted by Gasteiger charge is 2.33. The van der Waals surface area contributed by atoms with Crippen LogP contribution in [0.4, 0.5) is 0 Å². The number of sulfonamides is 1. The van der Waals surface area contributed by atoms with Crippen molar-refractivity contribution in [1.82, 2.24) is 28.9 Å². The van der Waals surface area contributed by atoms with Crippen LogP contribution in [0.3, 0.4) is 0 Å². The summed E-state index contributed by atoms with van der Waals surface area (Å²) in [4.78, 5) is 4.15. The Hall–Kier alpha value is -1.26. The van der Waals surface area contributed by atoms with E-state index in [0.717, 1.165) is 5.82 Å². The van der Waals surface area contributed by atoms with Gasteiger partial charge in [-0.3, -0.25) is 0 Å². The van der Waals surface area contributed by atoms with E-state index in [1.54, 1.807) is 13.2 Å². The van der Waals surface area contributed by atoms with Gasteiger partial charge < -0.3 is 4.57 Å². The minimum Gasteiger partial charge on any atom is -0.333 e. The van der Waals surface area contributed by atoms with Gasteiger partial charge in [0.2, 0.25) is 5.03 Å². The third kappa shape index (κ3) is 1.99. The number of imidazole rings is 1. The number of hydrogen-bond acceptors (Lipinski definition) is 5. The highest BCUT2D eigenvalue weighted by Crippen LogP contribution is 2.24. The molecule has 0 aliphatic carbocycles. The summed E-state index contributed by atoms with van der Waals surface area (Å²) < 4.78 is 30.0. The third-order valence-corrected chi connectivity index (χ3v) is 5.77. The number of hydrogen-bond donors (Lipinski definition) is 0. The summed E-state index contributed by atoms with van der Waals surface area (Å²) >= 11 is 3.12. The molecule has 0 N–H and O–H groups in total. The van der Waals surface area contributed by atoms with E-state index in [4.69, 9.17) is 0 Å². The zero-order valence-electron chi connectivity index (χ0n) is 10.1. The van der Waals surface area contributed by atoms with E-state index >= 15 is 0 Å². The summed E-state index contributed by atoms with van der Waals surface area (Å²) in [6, 6.07) is 0. The van der Waals surface area contributed by atoms with Gasteiger partial charge in [0.05, 0.1) is 6.54 Å². The van der Waals surface area contributed by atoms with Crippen molar-refractivity contribution in [2.45, 2.75) is 18.1 Å². The van der Waals surface area contributed by atoms with Crippen LogP contribution in [0.1, 0.15) is 5.82 Å². The van der Waals surface area contributed by atoms with E-state index in [-0.39, 0.29) is 16.2 Å². The van der Waals surface area contributed by atoms with Crippen molar-refractivity contribution in [2.24, 2.45) is 7.05 Å². The fraction of sp³-hybridized carbons (Fsp3) is 0.444. The molecule has 0 aromatic carbocycles. The molecule has 0 radical (unpaired) electrons. The van der Waals surface area contributed by atoms with Gasteiger partial charge in [0.15, 0.2) is 4.60 Å². The molecule has 0 atom stereocenters. The van der Waals surface area contributed by atoms with E-state index in [1.807, 2.05) is 10.8 Å². The lowest BCUT2D eigenvalue weighted by Gasteiger charge is -2.26. The average molecular weight is 347 g/mol. The summed E-state index contributed by atoms with van der Waals surface area (Å²) in [5.74, 6) is 0.737. The van der Waals surface area contributed by atoms with Gasteiger partial charge >= 0.3 is 0 Å². The van der Waals surface area contributed by atoms with Crippen LogP contribution in [0.5, 0.6) is 0 Å². The van der Waals surface area contributed by atoms with Crippen molar-refractivity contribution < 1.29 is 8.42 Å². The lowest BCUT2D eigenvalue weighted by atomic mass is 10.4. The van der Waals surface area contributed by atoms with Crippen LogP contribution >= 0.6 is 15.9 Å². The van der Waals surface area contributed by atoms with E-state index in [2.05, 4.69) is 31.2 Å². The smallest absolute Gasteiger partial charge is 0.263 e. The van der Waals surface area contributed by atoms with Crippen LogP contribution in [0.25, 0.3) is 0 Å². The molecule has 0 unspecified atom stereocenters. The van der Waals surface area contributed by atoms with E-state index in [1.165, 1.54) is 8.99 Å². The molecule has 3 heterocycles. The molecule has 19 heavy (non-hydrogen) atoms. The third-order valence-electron chi connectivity index (χ3n) is 3.03. The van der Waals surface area contributed by atoms with Crippen molar-refractivity contribution in [3.8, 4) is 0 Å². The first kappa shape index (κ1) is 12.8. The van der Waals surface area contributed by atoms with Crippen LogP contribution in [0.15, 0.2) is 22.0 Å². The van der Waals surface area contributed by atoms with Crippen LogP contribution in [-0.2, 0) is 30.2 Å². The molecule has 8 nitrogen and oxygen atoms in total. The molecular weight excluding hydrogens is 336 g/mol. The quantitative estimate of drug-likeness (QED) is 0.762. The number of rotatable bonds is 2. The largest absolute Gasteiger partial charge is 0.333 e. The summed E-state index contributed by atoms with van der Waals surface area (Å²) in [7, 11) is -2.08. The molecule has 10 heteroatoms. The van der Waals surface area contributed by atoms with Crippen molar-refractivity contribution in [3.05, 3.63) is 22.8 Å². The van der Waals surface area contributed by atoms with E-state index in [9.17, 15) is 8.42 Å².